The van der Waals surface area contributed by atoms with E-state index in [1.54, 1.807) is 11.3 Å². The van der Waals surface area contributed by atoms with Gasteiger partial charge < -0.3 is 5.32 Å². The molecule has 1 aliphatic rings. The number of fused-ring (bicyclic) bond motifs is 1. The van der Waals surface area contributed by atoms with E-state index in [1.165, 1.54) is 11.1 Å². The van der Waals surface area contributed by atoms with Crippen molar-refractivity contribution in [2.45, 2.75) is 32.2 Å². The number of thiazole rings is 1. The van der Waals surface area contributed by atoms with Gasteiger partial charge in [-0.3, -0.25) is 4.79 Å². The van der Waals surface area contributed by atoms with Crippen LogP contribution in [0.4, 0.5) is 0 Å². The van der Waals surface area contributed by atoms with Crippen LogP contribution in [0.5, 0.6) is 0 Å². The fourth-order valence-electron chi connectivity index (χ4n) is 2.62. The second-order valence-electron chi connectivity index (χ2n) is 4.87. The lowest BCUT2D eigenvalue weighted by atomic mass is 10.0. The Morgan fingerprint density at radius 1 is 1.47 bits per heavy atom. The molecule has 1 aliphatic carbocycles. The summed E-state index contributed by atoms with van der Waals surface area (Å²) in [7, 11) is 0. The van der Waals surface area contributed by atoms with Crippen LogP contribution in [0.25, 0.3) is 0 Å². The predicted octanol–water partition coefficient (Wildman–Crippen LogP) is 2.80. The average Bonchev–Trinajstić information content (AvgIpc) is 3.02. The number of hydrogen-bond acceptors (Lipinski definition) is 3. The Morgan fingerprint density at radius 3 is 3.11 bits per heavy atom. The summed E-state index contributed by atoms with van der Waals surface area (Å²) in [4.78, 5) is 17.6. The van der Waals surface area contributed by atoms with Crippen molar-refractivity contribution in [2.24, 2.45) is 0 Å². The summed E-state index contributed by atoms with van der Waals surface area (Å²) >= 11 is 1.59. The highest BCUT2D eigenvalue weighted by Crippen LogP contribution is 2.32. The molecule has 1 N–H and O–H groups in total. The molecule has 0 bridgehead atoms. The molecule has 1 amide bonds. The molecule has 1 atom stereocenters. The second-order valence-corrected chi connectivity index (χ2v) is 5.81. The Morgan fingerprint density at radius 2 is 2.32 bits per heavy atom. The molecule has 3 nitrogen and oxygen atoms in total. The van der Waals surface area contributed by atoms with E-state index in [0.717, 1.165) is 23.4 Å². The first-order valence-electron chi connectivity index (χ1n) is 6.50. The van der Waals surface area contributed by atoms with E-state index in [2.05, 4.69) is 22.4 Å². The molecule has 1 unspecified atom stereocenters. The van der Waals surface area contributed by atoms with Crippen LogP contribution < -0.4 is 5.32 Å². The Balaban J connectivity index is 1.68. The summed E-state index contributed by atoms with van der Waals surface area (Å²) in [5.74, 6) is 0.155. The maximum Gasteiger partial charge on any atom is 0.227 e. The third kappa shape index (κ3) is 2.40. The molecular formula is C15H16N2OS. The van der Waals surface area contributed by atoms with Crippen LogP contribution in [-0.2, 0) is 17.8 Å². The molecule has 1 heterocycles. The zero-order valence-corrected chi connectivity index (χ0v) is 11.7. The highest BCUT2D eigenvalue weighted by atomic mass is 32.1. The molecule has 0 saturated carbocycles. The standard InChI is InChI=1S/C15H16N2OS/c1-10-14(19-9-17-10)8-16-15(18)13-7-6-11-4-2-3-5-12(11)13/h2-5,9,13H,6-8H2,1H3,(H,16,18). The van der Waals surface area contributed by atoms with E-state index in [4.69, 9.17) is 0 Å². The van der Waals surface area contributed by atoms with Gasteiger partial charge in [-0.15, -0.1) is 11.3 Å². The van der Waals surface area contributed by atoms with E-state index in [0.29, 0.717) is 6.54 Å². The average molecular weight is 272 g/mol. The lowest BCUT2D eigenvalue weighted by Gasteiger charge is -2.11. The van der Waals surface area contributed by atoms with Crippen LogP contribution in [0.1, 0.15) is 34.0 Å². The van der Waals surface area contributed by atoms with Crippen molar-refractivity contribution in [2.75, 3.05) is 0 Å². The fourth-order valence-corrected chi connectivity index (χ4v) is 3.33. The SMILES string of the molecule is Cc1ncsc1CNC(=O)C1CCc2ccccc21. The number of rotatable bonds is 3. The van der Waals surface area contributed by atoms with Gasteiger partial charge in [0.1, 0.15) is 0 Å². The molecule has 0 saturated heterocycles. The molecule has 3 rings (SSSR count). The zero-order chi connectivity index (χ0) is 13.2. The number of aromatic nitrogens is 1. The number of nitrogens with zero attached hydrogens (tertiary/aromatic N) is 1. The van der Waals surface area contributed by atoms with Crippen molar-refractivity contribution in [3.05, 3.63) is 51.5 Å². The van der Waals surface area contributed by atoms with Gasteiger partial charge in [0.25, 0.3) is 0 Å². The topological polar surface area (TPSA) is 42.0 Å². The molecule has 0 spiro atoms. The summed E-state index contributed by atoms with van der Waals surface area (Å²) in [6.07, 6.45) is 1.93. The van der Waals surface area contributed by atoms with Gasteiger partial charge in [-0.1, -0.05) is 24.3 Å². The summed E-state index contributed by atoms with van der Waals surface area (Å²) in [5, 5.41) is 3.04. The van der Waals surface area contributed by atoms with Gasteiger partial charge in [-0.05, 0) is 30.9 Å². The van der Waals surface area contributed by atoms with Gasteiger partial charge in [0.2, 0.25) is 5.91 Å². The van der Waals surface area contributed by atoms with Crippen LogP contribution in [0.2, 0.25) is 0 Å². The molecule has 0 fully saturated rings. The monoisotopic (exact) mass is 272 g/mol. The van der Waals surface area contributed by atoms with Crippen molar-refractivity contribution in [1.29, 1.82) is 0 Å². The Bertz CT molecular complexity index is 606. The third-order valence-corrected chi connectivity index (χ3v) is 4.65. The van der Waals surface area contributed by atoms with E-state index in [9.17, 15) is 4.79 Å². The van der Waals surface area contributed by atoms with Crippen molar-refractivity contribution in [1.82, 2.24) is 10.3 Å². The smallest absolute Gasteiger partial charge is 0.227 e. The lowest BCUT2D eigenvalue weighted by Crippen LogP contribution is -2.27. The predicted molar refractivity (Wildman–Crippen MR) is 76.2 cm³/mol. The molecule has 0 radical (unpaired) electrons. The molecule has 4 heteroatoms. The summed E-state index contributed by atoms with van der Waals surface area (Å²) in [6.45, 7) is 2.57. The number of nitrogens with one attached hydrogen (secondary N) is 1. The van der Waals surface area contributed by atoms with Crippen molar-refractivity contribution < 1.29 is 4.79 Å². The molecule has 1 aromatic carbocycles. The molecule has 98 valence electrons. The minimum absolute atomic E-state index is 0.0180. The van der Waals surface area contributed by atoms with Crippen LogP contribution >= 0.6 is 11.3 Å². The molecular weight excluding hydrogens is 256 g/mol. The van der Waals surface area contributed by atoms with Crippen LogP contribution in [0, 0.1) is 6.92 Å². The number of hydrogen-bond donors (Lipinski definition) is 1. The van der Waals surface area contributed by atoms with E-state index in [1.807, 2.05) is 24.6 Å². The number of carbonyl (C=O) groups excluding carboxylic acids is 1. The maximum atomic E-state index is 12.3. The van der Waals surface area contributed by atoms with Gasteiger partial charge in [0, 0.05) is 4.88 Å². The Labute approximate surface area is 116 Å². The molecule has 2 aromatic rings. The largest absolute Gasteiger partial charge is 0.351 e. The lowest BCUT2D eigenvalue weighted by molar-refractivity contribution is -0.122. The first kappa shape index (κ1) is 12.4. The van der Waals surface area contributed by atoms with E-state index >= 15 is 0 Å². The molecule has 0 aliphatic heterocycles. The summed E-state index contributed by atoms with van der Waals surface area (Å²) < 4.78 is 0. The highest BCUT2D eigenvalue weighted by Gasteiger charge is 2.27. The zero-order valence-electron chi connectivity index (χ0n) is 10.8. The number of amides is 1. The van der Waals surface area contributed by atoms with Gasteiger partial charge in [-0.2, -0.15) is 0 Å². The second kappa shape index (κ2) is 5.13. The van der Waals surface area contributed by atoms with Crippen molar-refractivity contribution >= 4 is 17.2 Å². The maximum absolute atomic E-state index is 12.3. The number of benzene rings is 1. The van der Waals surface area contributed by atoms with Crippen molar-refractivity contribution in [3.8, 4) is 0 Å². The number of carbonyl (C=O) groups is 1. The van der Waals surface area contributed by atoms with E-state index < -0.39 is 0 Å². The van der Waals surface area contributed by atoms with Gasteiger partial charge >= 0.3 is 0 Å². The van der Waals surface area contributed by atoms with Crippen LogP contribution in [0.3, 0.4) is 0 Å². The first-order chi connectivity index (χ1) is 9.25. The minimum atomic E-state index is 0.0180. The molecule has 19 heavy (non-hydrogen) atoms. The minimum Gasteiger partial charge on any atom is -0.351 e. The van der Waals surface area contributed by atoms with Crippen LogP contribution in [-0.4, -0.2) is 10.9 Å². The fraction of sp³-hybridized carbons (Fsp3) is 0.333. The highest BCUT2D eigenvalue weighted by molar-refractivity contribution is 7.09. The third-order valence-electron chi connectivity index (χ3n) is 3.72. The summed E-state index contributed by atoms with van der Waals surface area (Å²) in [6, 6.07) is 8.25. The van der Waals surface area contributed by atoms with Gasteiger partial charge in [0.15, 0.2) is 0 Å². The van der Waals surface area contributed by atoms with Crippen LogP contribution in [0.15, 0.2) is 29.8 Å². The normalized spacial score (nSPS) is 17.2. The van der Waals surface area contributed by atoms with Gasteiger partial charge in [-0.25, -0.2) is 4.98 Å². The van der Waals surface area contributed by atoms with E-state index in [-0.39, 0.29) is 11.8 Å². The quantitative estimate of drug-likeness (QED) is 0.933. The first-order valence-corrected chi connectivity index (χ1v) is 7.38. The Kier molecular flexibility index (Phi) is 3.34. The number of aryl methyl sites for hydroxylation is 2. The van der Waals surface area contributed by atoms with Crippen molar-refractivity contribution in [3.63, 3.8) is 0 Å². The molecule has 1 aromatic heterocycles. The summed E-state index contributed by atoms with van der Waals surface area (Å²) in [5.41, 5.74) is 5.34. The Hall–Kier alpha value is -1.68. The van der Waals surface area contributed by atoms with Gasteiger partial charge in [0.05, 0.1) is 23.7 Å².